The van der Waals surface area contributed by atoms with Crippen molar-refractivity contribution in [2.75, 3.05) is 14.2 Å². The van der Waals surface area contributed by atoms with Crippen LogP contribution in [0.3, 0.4) is 0 Å². The molecule has 1 aromatic carbocycles. The monoisotopic (exact) mass is 308 g/mol. The highest BCUT2D eigenvalue weighted by Crippen LogP contribution is 2.28. The topological polar surface area (TPSA) is 77.5 Å². The summed E-state index contributed by atoms with van der Waals surface area (Å²) in [5, 5.41) is 0. The number of hydrogen-bond donors (Lipinski definition) is 1. The Kier molecular flexibility index (Phi) is 4.77. The fourth-order valence-corrected chi connectivity index (χ4v) is 2.95. The Morgan fingerprint density at radius 1 is 1.10 bits per heavy atom. The lowest BCUT2D eigenvalue weighted by atomic mass is 10.3. The summed E-state index contributed by atoms with van der Waals surface area (Å²) in [4.78, 5) is 3.92. The molecule has 0 aliphatic heterocycles. The lowest BCUT2D eigenvalue weighted by molar-refractivity contribution is 0.392. The van der Waals surface area contributed by atoms with E-state index in [0.717, 1.165) is 5.56 Å². The van der Waals surface area contributed by atoms with Crippen LogP contribution in [0.2, 0.25) is 0 Å². The first-order chi connectivity index (χ1) is 10.1. The number of nitrogens with one attached hydrogen (secondary N) is 1. The minimum absolute atomic E-state index is 0.0402. The lowest BCUT2D eigenvalue weighted by Gasteiger charge is -2.12. The van der Waals surface area contributed by atoms with Crippen molar-refractivity contribution in [3.05, 3.63) is 48.3 Å². The maximum Gasteiger partial charge on any atom is 0.244 e. The molecule has 0 saturated heterocycles. The van der Waals surface area contributed by atoms with Gasteiger partial charge in [-0.25, -0.2) is 13.1 Å². The SMILES string of the molecule is COc1ccc(OC)c(S(=O)(=O)NCc2ccncc2)c1. The third kappa shape index (κ3) is 3.71. The average Bonchev–Trinajstić information content (AvgIpc) is 2.53. The summed E-state index contributed by atoms with van der Waals surface area (Å²) in [6.45, 7) is 0.172. The largest absolute Gasteiger partial charge is 0.497 e. The van der Waals surface area contributed by atoms with Gasteiger partial charge in [-0.3, -0.25) is 4.98 Å². The second kappa shape index (κ2) is 6.55. The van der Waals surface area contributed by atoms with Gasteiger partial charge in [0.2, 0.25) is 10.0 Å². The van der Waals surface area contributed by atoms with Gasteiger partial charge in [0.05, 0.1) is 14.2 Å². The van der Waals surface area contributed by atoms with Crippen molar-refractivity contribution in [1.29, 1.82) is 0 Å². The van der Waals surface area contributed by atoms with E-state index in [1.807, 2.05) is 0 Å². The Morgan fingerprint density at radius 2 is 1.81 bits per heavy atom. The Morgan fingerprint density at radius 3 is 2.43 bits per heavy atom. The van der Waals surface area contributed by atoms with Crippen molar-refractivity contribution in [3.8, 4) is 11.5 Å². The second-order valence-corrected chi connectivity index (χ2v) is 5.93. The molecule has 2 rings (SSSR count). The molecular formula is C14H16N2O4S. The maximum atomic E-state index is 12.4. The molecule has 21 heavy (non-hydrogen) atoms. The van der Waals surface area contributed by atoms with E-state index in [2.05, 4.69) is 9.71 Å². The lowest BCUT2D eigenvalue weighted by Crippen LogP contribution is -2.23. The van der Waals surface area contributed by atoms with Crippen LogP contribution in [-0.4, -0.2) is 27.6 Å². The van der Waals surface area contributed by atoms with Crippen LogP contribution in [0.25, 0.3) is 0 Å². The smallest absolute Gasteiger partial charge is 0.244 e. The Labute approximate surface area is 123 Å². The predicted molar refractivity (Wildman–Crippen MR) is 77.8 cm³/mol. The molecule has 1 aromatic heterocycles. The Bertz CT molecular complexity index is 702. The molecule has 0 saturated carbocycles. The first-order valence-corrected chi connectivity index (χ1v) is 7.66. The van der Waals surface area contributed by atoms with E-state index >= 15 is 0 Å². The number of benzene rings is 1. The number of pyridine rings is 1. The summed E-state index contributed by atoms with van der Waals surface area (Å²) in [6, 6.07) is 8.10. The van der Waals surface area contributed by atoms with Gasteiger partial charge in [-0.05, 0) is 29.8 Å². The average molecular weight is 308 g/mol. The zero-order valence-corrected chi connectivity index (χ0v) is 12.6. The van der Waals surface area contributed by atoms with Gasteiger partial charge in [0.15, 0.2) is 0 Å². The molecule has 0 aliphatic rings. The van der Waals surface area contributed by atoms with Crippen molar-refractivity contribution in [3.63, 3.8) is 0 Å². The molecule has 0 spiro atoms. The molecule has 0 aliphatic carbocycles. The van der Waals surface area contributed by atoms with Crippen molar-refractivity contribution < 1.29 is 17.9 Å². The highest BCUT2D eigenvalue weighted by atomic mass is 32.2. The number of sulfonamides is 1. The molecule has 0 fully saturated rings. The zero-order chi connectivity index (χ0) is 15.3. The molecule has 7 heteroatoms. The van der Waals surface area contributed by atoms with Crippen LogP contribution >= 0.6 is 0 Å². The summed E-state index contributed by atoms with van der Waals surface area (Å²) < 4.78 is 37.5. The van der Waals surface area contributed by atoms with Gasteiger partial charge in [-0.1, -0.05) is 0 Å². The number of aromatic nitrogens is 1. The number of nitrogens with zero attached hydrogens (tertiary/aromatic N) is 1. The van der Waals surface area contributed by atoms with E-state index in [0.29, 0.717) is 5.75 Å². The van der Waals surface area contributed by atoms with Gasteiger partial charge in [0.1, 0.15) is 16.4 Å². The van der Waals surface area contributed by atoms with Crippen molar-refractivity contribution in [2.24, 2.45) is 0 Å². The van der Waals surface area contributed by atoms with Crippen LogP contribution in [0, 0.1) is 0 Å². The second-order valence-electron chi connectivity index (χ2n) is 4.20. The number of ether oxygens (including phenoxy) is 2. The van der Waals surface area contributed by atoms with Gasteiger partial charge in [-0.2, -0.15) is 0 Å². The van der Waals surface area contributed by atoms with Crippen LogP contribution in [0.4, 0.5) is 0 Å². The highest BCUT2D eigenvalue weighted by molar-refractivity contribution is 7.89. The van der Waals surface area contributed by atoms with Gasteiger partial charge in [0.25, 0.3) is 0 Å². The van der Waals surface area contributed by atoms with Crippen LogP contribution in [0.1, 0.15) is 5.56 Å². The highest BCUT2D eigenvalue weighted by Gasteiger charge is 2.20. The Balaban J connectivity index is 2.26. The minimum Gasteiger partial charge on any atom is -0.497 e. The molecule has 0 amide bonds. The summed E-state index contributed by atoms with van der Waals surface area (Å²) in [5.41, 5.74) is 0.815. The molecule has 1 heterocycles. The van der Waals surface area contributed by atoms with Crippen LogP contribution in [-0.2, 0) is 16.6 Å². The molecule has 2 aromatic rings. The van der Waals surface area contributed by atoms with E-state index in [1.165, 1.54) is 20.3 Å². The van der Waals surface area contributed by atoms with Crippen LogP contribution < -0.4 is 14.2 Å². The summed E-state index contributed by atoms with van der Waals surface area (Å²) in [6.07, 6.45) is 3.21. The zero-order valence-electron chi connectivity index (χ0n) is 11.7. The maximum absolute atomic E-state index is 12.4. The van der Waals surface area contributed by atoms with Gasteiger partial charge < -0.3 is 9.47 Å². The number of hydrogen-bond acceptors (Lipinski definition) is 5. The molecule has 0 radical (unpaired) electrons. The van der Waals surface area contributed by atoms with E-state index in [4.69, 9.17) is 9.47 Å². The Hall–Kier alpha value is -2.12. The first-order valence-electron chi connectivity index (χ1n) is 6.17. The van der Waals surface area contributed by atoms with E-state index in [-0.39, 0.29) is 17.2 Å². The van der Waals surface area contributed by atoms with Gasteiger partial charge in [-0.15, -0.1) is 0 Å². The van der Waals surface area contributed by atoms with Crippen molar-refractivity contribution in [2.45, 2.75) is 11.4 Å². The van der Waals surface area contributed by atoms with Gasteiger partial charge >= 0.3 is 0 Å². The molecule has 6 nitrogen and oxygen atoms in total. The fraction of sp³-hybridized carbons (Fsp3) is 0.214. The molecule has 0 atom stereocenters. The van der Waals surface area contributed by atoms with Gasteiger partial charge in [0, 0.05) is 25.0 Å². The van der Waals surface area contributed by atoms with E-state index in [9.17, 15) is 8.42 Å². The third-order valence-corrected chi connectivity index (χ3v) is 4.30. The number of rotatable bonds is 6. The predicted octanol–water partition coefficient (Wildman–Crippen LogP) is 1.58. The quantitative estimate of drug-likeness (QED) is 0.876. The normalized spacial score (nSPS) is 11.1. The standard InChI is InChI=1S/C14H16N2O4S/c1-19-12-3-4-13(20-2)14(9-12)21(17,18)16-10-11-5-7-15-8-6-11/h3-9,16H,10H2,1-2H3. The first kappa shape index (κ1) is 15.3. The summed E-state index contributed by atoms with van der Waals surface area (Å²) >= 11 is 0. The third-order valence-electron chi connectivity index (χ3n) is 2.88. The molecule has 1 N–H and O–H groups in total. The van der Waals surface area contributed by atoms with Crippen LogP contribution in [0.5, 0.6) is 11.5 Å². The van der Waals surface area contributed by atoms with Crippen molar-refractivity contribution >= 4 is 10.0 Å². The van der Waals surface area contributed by atoms with E-state index in [1.54, 1.807) is 36.7 Å². The number of methoxy groups -OCH3 is 2. The fourth-order valence-electron chi connectivity index (χ4n) is 1.75. The molecule has 0 bridgehead atoms. The molecular weight excluding hydrogens is 292 g/mol. The van der Waals surface area contributed by atoms with E-state index < -0.39 is 10.0 Å². The molecule has 0 unspecified atom stereocenters. The summed E-state index contributed by atoms with van der Waals surface area (Å²) in [5.74, 6) is 0.707. The molecule has 112 valence electrons. The van der Waals surface area contributed by atoms with Crippen LogP contribution in [0.15, 0.2) is 47.6 Å². The minimum atomic E-state index is -3.71. The van der Waals surface area contributed by atoms with Crippen molar-refractivity contribution in [1.82, 2.24) is 9.71 Å². The summed E-state index contributed by atoms with van der Waals surface area (Å²) in [7, 11) is -0.814.